The lowest BCUT2D eigenvalue weighted by Crippen LogP contribution is -2.40. The van der Waals surface area contributed by atoms with E-state index in [1.807, 2.05) is 37.8 Å². The Hall–Kier alpha value is -1.20. The van der Waals surface area contributed by atoms with Crippen molar-refractivity contribution in [1.29, 1.82) is 0 Å². The summed E-state index contributed by atoms with van der Waals surface area (Å²) in [6.07, 6.45) is 3.79. The Balaban J connectivity index is 1.86. The third-order valence-corrected chi connectivity index (χ3v) is 5.96. The van der Waals surface area contributed by atoms with Gasteiger partial charge in [-0.25, -0.2) is 0 Å². The number of rotatable bonds is 7. The number of benzene rings is 1. The molecule has 25 heavy (non-hydrogen) atoms. The molecule has 1 atom stereocenters. The van der Waals surface area contributed by atoms with Crippen molar-refractivity contribution in [2.24, 2.45) is 0 Å². The number of hydrogen-bond donors (Lipinski definition) is 0. The van der Waals surface area contributed by atoms with Gasteiger partial charge in [-0.1, -0.05) is 25.5 Å². The highest BCUT2D eigenvalue weighted by molar-refractivity contribution is 7.99. The minimum Gasteiger partial charge on any atom is -0.378 e. The molecule has 140 valence electrons. The zero-order valence-electron chi connectivity index (χ0n) is 16.2. The van der Waals surface area contributed by atoms with Crippen LogP contribution in [0, 0.1) is 0 Å². The van der Waals surface area contributed by atoms with E-state index in [4.69, 9.17) is 0 Å². The van der Waals surface area contributed by atoms with Crippen LogP contribution in [-0.2, 0) is 11.3 Å². The van der Waals surface area contributed by atoms with E-state index in [2.05, 4.69) is 41.0 Å². The highest BCUT2D eigenvalue weighted by Gasteiger charge is 2.21. The summed E-state index contributed by atoms with van der Waals surface area (Å²) in [6.45, 7) is 5.55. The van der Waals surface area contributed by atoms with Gasteiger partial charge in [-0.15, -0.1) is 0 Å². The van der Waals surface area contributed by atoms with Gasteiger partial charge in [0.25, 0.3) is 0 Å². The molecule has 0 bridgehead atoms. The molecule has 0 aliphatic carbocycles. The van der Waals surface area contributed by atoms with Gasteiger partial charge < -0.3 is 9.80 Å². The van der Waals surface area contributed by atoms with Crippen LogP contribution in [0.4, 0.5) is 5.69 Å². The van der Waals surface area contributed by atoms with Gasteiger partial charge in [-0.05, 0) is 42.8 Å². The van der Waals surface area contributed by atoms with Crippen LogP contribution in [0.5, 0.6) is 0 Å². The smallest absolute Gasteiger partial charge is 0.236 e. The molecule has 1 amide bonds. The number of carbonyl (C=O) groups excluding carboxylic acids is 1. The Morgan fingerprint density at radius 2 is 1.92 bits per heavy atom. The first-order valence-corrected chi connectivity index (χ1v) is 10.4. The molecule has 1 saturated heterocycles. The second-order valence-corrected chi connectivity index (χ2v) is 8.70. The molecule has 1 unspecified atom stereocenters. The molecule has 1 aromatic rings. The van der Waals surface area contributed by atoms with Gasteiger partial charge in [0.1, 0.15) is 0 Å². The molecule has 1 aromatic carbocycles. The molecule has 2 rings (SSSR count). The average molecular weight is 364 g/mol. The summed E-state index contributed by atoms with van der Waals surface area (Å²) in [4.78, 5) is 18.9. The molecule has 4 nitrogen and oxygen atoms in total. The first kappa shape index (κ1) is 20.1. The number of anilines is 1. The molecule has 1 aliphatic heterocycles. The quantitative estimate of drug-likeness (QED) is 0.742. The number of carbonyl (C=O) groups is 1. The molecule has 1 heterocycles. The molecule has 0 radical (unpaired) electrons. The monoisotopic (exact) mass is 363 g/mol. The van der Waals surface area contributed by atoms with Gasteiger partial charge in [0.15, 0.2) is 0 Å². The number of thioether (sulfide) groups is 1. The van der Waals surface area contributed by atoms with Crippen LogP contribution in [0.15, 0.2) is 24.3 Å². The van der Waals surface area contributed by atoms with Crippen molar-refractivity contribution in [2.45, 2.75) is 38.0 Å². The lowest BCUT2D eigenvalue weighted by molar-refractivity contribution is -0.131. The van der Waals surface area contributed by atoms with E-state index >= 15 is 0 Å². The lowest BCUT2D eigenvalue weighted by Gasteiger charge is -2.26. The number of amides is 1. The summed E-state index contributed by atoms with van der Waals surface area (Å²) in [5.74, 6) is 1.38. The third kappa shape index (κ3) is 6.55. The Labute approximate surface area is 157 Å². The molecular weight excluding hydrogens is 330 g/mol. The SMILES string of the molecule is CCSC1CCCCN(CC(=O)N(C)Cc2ccc(N(C)C)cc2)C1. The van der Waals surface area contributed by atoms with E-state index in [9.17, 15) is 4.79 Å². The van der Waals surface area contributed by atoms with Crippen molar-refractivity contribution < 1.29 is 4.79 Å². The fourth-order valence-electron chi connectivity index (χ4n) is 3.27. The van der Waals surface area contributed by atoms with Gasteiger partial charge in [0.2, 0.25) is 5.91 Å². The van der Waals surface area contributed by atoms with E-state index in [0.29, 0.717) is 18.3 Å². The average Bonchev–Trinajstić information content (AvgIpc) is 2.80. The number of hydrogen-bond acceptors (Lipinski definition) is 4. The summed E-state index contributed by atoms with van der Waals surface area (Å²) >= 11 is 2.04. The summed E-state index contributed by atoms with van der Waals surface area (Å²) in [5.41, 5.74) is 2.36. The van der Waals surface area contributed by atoms with E-state index in [1.54, 1.807) is 0 Å². The van der Waals surface area contributed by atoms with E-state index < -0.39 is 0 Å². The Morgan fingerprint density at radius 3 is 2.56 bits per heavy atom. The molecule has 1 fully saturated rings. The maximum atomic E-state index is 12.6. The fourth-order valence-corrected chi connectivity index (χ4v) is 4.39. The van der Waals surface area contributed by atoms with Gasteiger partial charge in [-0.3, -0.25) is 9.69 Å². The number of likely N-dealkylation sites (tertiary alicyclic amines) is 1. The zero-order chi connectivity index (χ0) is 18.2. The first-order valence-electron chi connectivity index (χ1n) is 9.33. The molecule has 0 saturated carbocycles. The summed E-state index contributed by atoms with van der Waals surface area (Å²) < 4.78 is 0. The summed E-state index contributed by atoms with van der Waals surface area (Å²) in [6, 6.07) is 8.43. The van der Waals surface area contributed by atoms with E-state index in [0.717, 1.165) is 18.8 Å². The zero-order valence-corrected chi connectivity index (χ0v) is 17.0. The summed E-state index contributed by atoms with van der Waals surface area (Å²) in [5, 5.41) is 0.684. The molecule has 0 aromatic heterocycles. The predicted molar refractivity (Wildman–Crippen MR) is 109 cm³/mol. The molecule has 0 N–H and O–H groups in total. The van der Waals surface area contributed by atoms with E-state index in [-0.39, 0.29) is 5.91 Å². The normalized spacial score (nSPS) is 18.6. The largest absolute Gasteiger partial charge is 0.378 e. The minimum absolute atomic E-state index is 0.221. The maximum Gasteiger partial charge on any atom is 0.236 e. The lowest BCUT2D eigenvalue weighted by atomic mass is 10.2. The van der Waals surface area contributed by atoms with Crippen molar-refractivity contribution in [1.82, 2.24) is 9.80 Å². The van der Waals surface area contributed by atoms with Crippen molar-refractivity contribution >= 4 is 23.4 Å². The topological polar surface area (TPSA) is 26.8 Å². The second-order valence-electron chi connectivity index (χ2n) is 7.12. The van der Waals surface area contributed by atoms with Crippen LogP contribution in [0.3, 0.4) is 0 Å². The van der Waals surface area contributed by atoms with Crippen LogP contribution in [0.25, 0.3) is 0 Å². The van der Waals surface area contributed by atoms with E-state index in [1.165, 1.54) is 30.5 Å². The Kier molecular flexibility index (Phi) is 8.10. The van der Waals surface area contributed by atoms with Gasteiger partial charge >= 0.3 is 0 Å². The molecule has 0 spiro atoms. The van der Waals surface area contributed by atoms with Crippen LogP contribution in [-0.4, -0.2) is 67.5 Å². The highest BCUT2D eigenvalue weighted by atomic mass is 32.2. The van der Waals surface area contributed by atoms with Gasteiger partial charge in [-0.2, -0.15) is 11.8 Å². The standard InChI is InChI=1S/C20H33N3OS/c1-5-25-19-8-6-7-13-23(15-19)16-20(24)22(4)14-17-9-11-18(12-10-17)21(2)3/h9-12,19H,5-8,13-16H2,1-4H3. The third-order valence-electron chi connectivity index (χ3n) is 4.77. The first-order chi connectivity index (χ1) is 12.0. The van der Waals surface area contributed by atoms with Crippen molar-refractivity contribution in [3.05, 3.63) is 29.8 Å². The maximum absolute atomic E-state index is 12.6. The molecule has 1 aliphatic rings. The van der Waals surface area contributed by atoms with Crippen molar-refractivity contribution in [2.75, 3.05) is 51.4 Å². The van der Waals surface area contributed by atoms with Crippen LogP contribution in [0.2, 0.25) is 0 Å². The number of likely N-dealkylation sites (N-methyl/N-ethyl adjacent to an activating group) is 1. The van der Waals surface area contributed by atoms with Gasteiger partial charge in [0, 0.05) is 45.2 Å². The molecule has 5 heteroatoms. The van der Waals surface area contributed by atoms with Gasteiger partial charge in [0.05, 0.1) is 6.54 Å². The fraction of sp³-hybridized carbons (Fsp3) is 0.650. The highest BCUT2D eigenvalue weighted by Crippen LogP contribution is 2.22. The Morgan fingerprint density at radius 1 is 1.20 bits per heavy atom. The Bertz CT molecular complexity index is 532. The molecular formula is C20H33N3OS. The van der Waals surface area contributed by atoms with Crippen molar-refractivity contribution in [3.8, 4) is 0 Å². The van der Waals surface area contributed by atoms with Crippen LogP contribution in [0.1, 0.15) is 31.7 Å². The van der Waals surface area contributed by atoms with Crippen molar-refractivity contribution in [3.63, 3.8) is 0 Å². The number of nitrogens with zero attached hydrogens (tertiary/aromatic N) is 3. The second kappa shape index (κ2) is 10.1. The summed E-state index contributed by atoms with van der Waals surface area (Å²) in [7, 11) is 5.99. The predicted octanol–water partition coefficient (Wildman–Crippen LogP) is 3.32. The van der Waals surface area contributed by atoms with Crippen LogP contribution < -0.4 is 4.90 Å². The van der Waals surface area contributed by atoms with Crippen LogP contribution >= 0.6 is 11.8 Å². The minimum atomic E-state index is 0.221.